The smallest absolute Gasteiger partial charge is 0.338 e. The highest BCUT2D eigenvalue weighted by molar-refractivity contribution is 5.96. The van der Waals surface area contributed by atoms with E-state index in [-0.39, 0.29) is 30.0 Å². The second-order valence-electron chi connectivity index (χ2n) is 7.92. The molecule has 1 aliphatic rings. The average molecular weight is 421 g/mol. The van der Waals surface area contributed by atoms with E-state index in [1.807, 2.05) is 0 Å². The average Bonchev–Trinajstić information content (AvgIpc) is 3.11. The van der Waals surface area contributed by atoms with Gasteiger partial charge in [0.05, 0.1) is 11.6 Å². The number of halogens is 2. The topological polar surface area (TPSA) is 67.4 Å². The highest BCUT2D eigenvalue weighted by atomic mass is 35.5. The summed E-state index contributed by atoms with van der Waals surface area (Å²) in [5, 5.41) is 6.00. The predicted octanol–water partition coefficient (Wildman–Crippen LogP) is 4.29. The van der Waals surface area contributed by atoms with Gasteiger partial charge in [-0.05, 0) is 69.6 Å². The van der Waals surface area contributed by atoms with Gasteiger partial charge < -0.3 is 15.4 Å². The van der Waals surface area contributed by atoms with Gasteiger partial charge in [0.2, 0.25) is 5.91 Å². The molecule has 0 aromatic heterocycles. The maximum Gasteiger partial charge on any atom is 0.338 e. The molecule has 1 fully saturated rings. The van der Waals surface area contributed by atoms with Crippen molar-refractivity contribution in [3.8, 4) is 0 Å². The summed E-state index contributed by atoms with van der Waals surface area (Å²) in [5.74, 6) is -1.16. The normalized spacial score (nSPS) is 18.6. The SMILES string of the molecule is CC(C)(C)OC(=O)c1ccc(NC(=O)[C@H]2NCC[C@@H]2c2ccccc2F)cc1.Cl. The van der Waals surface area contributed by atoms with Crippen LogP contribution in [0.5, 0.6) is 0 Å². The lowest BCUT2D eigenvalue weighted by Gasteiger charge is -2.20. The number of hydrogen-bond acceptors (Lipinski definition) is 4. The van der Waals surface area contributed by atoms with Crippen LogP contribution in [0, 0.1) is 5.82 Å². The first-order valence-electron chi connectivity index (χ1n) is 9.37. The second-order valence-corrected chi connectivity index (χ2v) is 7.92. The minimum atomic E-state index is -0.570. The Labute approximate surface area is 176 Å². The molecular weight excluding hydrogens is 395 g/mol. The van der Waals surface area contributed by atoms with Crippen molar-refractivity contribution in [3.05, 3.63) is 65.5 Å². The predicted molar refractivity (Wildman–Crippen MR) is 113 cm³/mol. The number of carbonyl (C=O) groups is 2. The van der Waals surface area contributed by atoms with Crippen LogP contribution in [-0.2, 0) is 9.53 Å². The molecule has 2 aromatic rings. The lowest BCUT2D eigenvalue weighted by molar-refractivity contribution is -0.118. The summed E-state index contributed by atoms with van der Waals surface area (Å²) < 4.78 is 19.5. The molecule has 2 atom stereocenters. The number of hydrogen-bond donors (Lipinski definition) is 2. The fourth-order valence-electron chi connectivity index (χ4n) is 3.34. The number of carbonyl (C=O) groups excluding carboxylic acids is 2. The Morgan fingerprint density at radius 3 is 2.38 bits per heavy atom. The lowest BCUT2D eigenvalue weighted by Crippen LogP contribution is -2.39. The van der Waals surface area contributed by atoms with Crippen molar-refractivity contribution in [2.45, 2.75) is 44.8 Å². The molecule has 0 saturated carbocycles. The molecule has 2 aromatic carbocycles. The summed E-state index contributed by atoms with van der Waals surface area (Å²) in [6.45, 7) is 6.06. The molecule has 0 unspecified atom stereocenters. The highest BCUT2D eigenvalue weighted by Gasteiger charge is 2.35. The van der Waals surface area contributed by atoms with Crippen LogP contribution in [0.1, 0.15) is 49.0 Å². The largest absolute Gasteiger partial charge is 0.456 e. The van der Waals surface area contributed by atoms with Gasteiger partial charge >= 0.3 is 5.97 Å². The molecule has 0 radical (unpaired) electrons. The maximum absolute atomic E-state index is 14.1. The molecule has 0 bridgehead atoms. The second kappa shape index (κ2) is 9.37. The number of rotatable bonds is 4. The van der Waals surface area contributed by atoms with Crippen LogP contribution in [0.15, 0.2) is 48.5 Å². The lowest BCUT2D eigenvalue weighted by atomic mass is 9.91. The van der Waals surface area contributed by atoms with Crippen LogP contribution in [0.2, 0.25) is 0 Å². The Hall–Kier alpha value is -2.44. The summed E-state index contributed by atoms with van der Waals surface area (Å²) in [5.41, 5.74) is 0.960. The van der Waals surface area contributed by atoms with Gasteiger partial charge in [-0.25, -0.2) is 9.18 Å². The molecule has 0 spiro atoms. The van der Waals surface area contributed by atoms with Gasteiger partial charge in [-0.3, -0.25) is 4.79 Å². The Morgan fingerprint density at radius 2 is 1.76 bits per heavy atom. The van der Waals surface area contributed by atoms with Gasteiger partial charge in [-0.2, -0.15) is 0 Å². The minimum Gasteiger partial charge on any atom is -0.456 e. The molecule has 7 heteroatoms. The van der Waals surface area contributed by atoms with Crippen LogP contribution in [0.25, 0.3) is 0 Å². The fraction of sp³-hybridized carbons (Fsp3) is 0.364. The number of ether oxygens (including phenoxy) is 1. The van der Waals surface area contributed by atoms with E-state index in [0.717, 1.165) is 0 Å². The third-order valence-electron chi connectivity index (χ3n) is 4.60. The van der Waals surface area contributed by atoms with Gasteiger partial charge in [0.15, 0.2) is 0 Å². The third kappa shape index (κ3) is 5.78. The van der Waals surface area contributed by atoms with E-state index < -0.39 is 17.6 Å². The van der Waals surface area contributed by atoms with Crippen LogP contribution in [0.4, 0.5) is 10.1 Å². The summed E-state index contributed by atoms with van der Waals surface area (Å²) in [7, 11) is 0. The zero-order valence-electron chi connectivity index (χ0n) is 16.7. The van der Waals surface area contributed by atoms with Crippen molar-refractivity contribution < 1.29 is 18.7 Å². The highest BCUT2D eigenvalue weighted by Crippen LogP contribution is 2.30. The van der Waals surface area contributed by atoms with Gasteiger partial charge in [-0.1, -0.05) is 18.2 Å². The standard InChI is InChI=1S/C22H25FN2O3.ClH/c1-22(2,3)28-21(27)14-8-10-15(11-9-14)25-20(26)19-17(12-13-24-19)16-6-4-5-7-18(16)23;/h4-11,17,19,24H,12-13H2,1-3H3,(H,25,26);1H/t17-,19+;/m1./s1. The van der Waals surface area contributed by atoms with E-state index in [2.05, 4.69) is 10.6 Å². The molecule has 0 aliphatic carbocycles. The van der Waals surface area contributed by atoms with Gasteiger partial charge in [0.1, 0.15) is 11.4 Å². The summed E-state index contributed by atoms with van der Waals surface area (Å²) in [4.78, 5) is 24.8. The number of benzene rings is 2. The Balaban J connectivity index is 0.00000300. The first-order chi connectivity index (χ1) is 13.2. The van der Waals surface area contributed by atoms with Gasteiger partial charge in [-0.15, -0.1) is 12.4 Å². The Bertz CT molecular complexity index is 865. The van der Waals surface area contributed by atoms with E-state index >= 15 is 0 Å². The fourth-order valence-corrected chi connectivity index (χ4v) is 3.34. The minimum absolute atomic E-state index is 0. The first kappa shape index (κ1) is 22.8. The maximum atomic E-state index is 14.1. The molecule has 1 heterocycles. The van der Waals surface area contributed by atoms with Crippen LogP contribution >= 0.6 is 12.4 Å². The van der Waals surface area contributed by atoms with Crippen LogP contribution < -0.4 is 10.6 Å². The van der Waals surface area contributed by atoms with Crippen molar-refractivity contribution >= 4 is 30.0 Å². The molecule has 5 nitrogen and oxygen atoms in total. The monoisotopic (exact) mass is 420 g/mol. The van der Waals surface area contributed by atoms with Crippen LogP contribution in [-0.4, -0.2) is 30.1 Å². The molecule has 29 heavy (non-hydrogen) atoms. The van der Waals surface area contributed by atoms with Gasteiger partial charge in [0, 0.05) is 11.6 Å². The zero-order chi connectivity index (χ0) is 20.3. The Kier molecular flexibility index (Phi) is 7.38. The van der Waals surface area contributed by atoms with E-state index in [1.165, 1.54) is 6.07 Å². The molecule has 2 N–H and O–H groups in total. The van der Waals surface area contributed by atoms with Crippen molar-refractivity contribution in [1.82, 2.24) is 5.32 Å². The number of anilines is 1. The van der Waals surface area contributed by atoms with Crippen molar-refractivity contribution in [1.29, 1.82) is 0 Å². The summed E-state index contributed by atoms with van der Waals surface area (Å²) >= 11 is 0. The first-order valence-corrected chi connectivity index (χ1v) is 9.37. The molecule has 3 rings (SSSR count). The summed E-state index contributed by atoms with van der Waals surface area (Å²) in [6, 6.07) is 12.6. The van der Waals surface area contributed by atoms with Crippen molar-refractivity contribution in [2.24, 2.45) is 0 Å². The quantitative estimate of drug-likeness (QED) is 0.724. The number of amides is 1. The Morgan fingerprint density at radius 1 is 1.10 bits per heavy atom. The van der Waals surface area contributed by atoms with E-state index in [1.54, 1.807) is 63.2 Å². The van der Waals surface area contributed by atoms with Crippen LogP contribution in [0.3, 0.4) is 0 Å². The zero-order valence-corrected chi connectivity index (χ0v) is 17.5. The van der Waals surface area contributed by atoms with E-state index in [9.17, 15) is 14.0 Å². The van der Waals surface area contributed by atoms with Crippen molar-refractivity contribution in [3.63, 3.8) is 0 Å². The van der Waals surface area contributed by atoms with Crippen molar-refractivity contribution in [2.75, 3.05) is 11.9 Å². The molecule has 1 saturated heterocycles. The number of nitrogens with one attached hydrogen (secondary N) is 2. The molecule has 1 aliphatic heterocycles. The van der Waals surface area contributed by atoms with E-state index in [4.69, 9.17) is 4.74 Å². The third-order valence-corrected chi connectivity index (χ3v) is 4.60. The molecule has 1 amide bonds. The molecular formula is C22H26ClFN2O3. The molecule has 156 valence electrons. The number of esters is 1. The van der Waals surface area contributed by atoms with Gasteiger partial charge in [0.25, 0.3) is 0 Å². The van der Waals surface area contributed by atoms with E-state index in [0.29, 0.717) is 29.8 Å². The summed E-state index contributed by atoms with van der Waals surface area (Å²) in [6.07, 6.45) is 0.691.